The lowest BCUT2D eigenvalue weighted by atomic mass is 9.82. The fourth-order valence-corrected chi connectivity index (χ4v) is 12.3. The van der Waals surface area contributed by atoms with E-state index < -0.39 is 0 Å². The highest BCUT2D eigenvalue weighted by atomic mass is 15.1. The molecule has 2 aromatic heterocycles. The third-order valence-corrected chi connectivity index (χ3v) is 16.1. The van der Waals surface area contributed by atoms with Gasteiger partial charge in [0.15, 0.2) is 0 Å². The number of benzene rings is 10. The molecule has 352 valence electrons. The number of para-hydroxylation sites is 2. The Hall–Kier alpha value is -9.12. The Morgan fingerprint density at radius 3 is 1.49 bits per heavy atom. The first-order valence-electron chi connectivity index (χ1n) is 25.7. The van der Waals surface area contributed by atoms with Crippen LogP contribution in [-0.4, -0.2) is 14.5 Å². The Morgan fingerprint density at radius 1 is 0.324 bits per heavy atom. The number of anilines is 3. The predicted octanol–water partition coefficient (Wildman–Crippen LogP) is 18.3. The van der Waals surface area contributed by atoms with Crippen molar-refractivity contribution in [1.82, 2.24) is 14.5 Å². The normalized spacial score (nSPS) is 13.6. The number of hydrogen-bond acceptors (Lipinski definition) is 3. The second kappa shape index (κ2) is 16.7. The van der Waals surface area contributed by atoms with Crippen LogP contribution in [0, 0.1) is 0 Å². The van der Waals surface area contributed by atoms with E-state index in [9.17, 15) is 0 Å². The van der Waals surface area contributed by atoms with Gasteiger partial charge in [0.2, 0.25) is 0 Å². The van der Waals surface area contributed by atoms with Crippen LogP contribution in [0.15, 0.2) is 243 Å². The summed E-state index contributed by atoms with van der Waals surface area (Å²) in [5, 5.41) is 2.49. The van der Waals surface area contributed by atoms with Crippen LogP contribution in [0.25, 0.3) is 94.5 Å². The van der Waals surface area contributed by atoms with E-state index in [0.717, 1.165) is 56.4 Å². The van der Waals surface area contributed by atoms with E-state index in [1.54, 1.807) is 6.33 Å². The molecule has 0 aliphatic heterocycles. The molecule has 0 N–H and O–H groups in total. The molecule has 74 heavy (non-hydrogen) atoms. The van der Waals surface area contributed by atoms with Gasteiger partial charge < -0.3 is 9.47 Å². The first-order chi connectivity index (χ1) is 36.2. The monoisotopic (exact) mass is 948 g/mol. The Bertz CT molecular complexity index is 4180. The van der Waals surface area contributed by atoms with Crippen molar-refractivity contribution in [2.24, 2.45) is 0 Å². The molecule has 4 nitrogen and oxygen atoms in total. The molecule has 0 unspecified atom stereocenters. The number of fused-ring (bicyclic) bond motifs is 9. The molecule has 0 amide bonds. The quantitative estimate of drug-likeness (QED) is 0.152. The molecule has 0 fully saturated rings. The van der Waals surface area contributed by atoms with Gasteiger partial charge in [-0.2, -0.15) is 0 Å². The van der Waals surface area contributed by atoms with Gasteiger partial charge in [-0.1, -0.05) is 179 Å². The highest BCUT2D eigenvalue weighted by Crippen LogP contribution is 2.52. The first-order valence-corrected chi connectivity index (χ1v) is 25.7. The number of nitrogens with zero attached hydrogens (tertiary/aromatic N) is 4. The number of hydrogen-bond donors (Lipinski definition) is 0. The fourth-order valence-electron chi connectivity index (χ4n) is 12.3. The lowest BCUT2D eigenvalue weighted by Gasteiger charge is -2.28. The summed E-state index contributed by atoms with van der Waals surface area (Å²) in [6.07, 6.45) is 1.70. The van der Waals surface area contributed by atoms with Crippen LogP contribution < -0.4 is 4.90 Å². The maximum Gasteiger partial charge on any atom is 0.116 e. The van der Waals surface area contributed by atoms with E-state index >= 15 is 0 Å². The van der Waals surface area contributed by atoms with Crippen molar-refractivity contribution in [2.75, 3.05) is 4.90 Å². The van der Waals surface area contributed by atoms with E-state index in [0.29, 0.717) is 0 Å². The van der Waals surface area contributed by atoms with E-state index in [4.69, 9.17) is 9.97 Å². The van der Waals surface area contributed by atoms with E-state index in [2.05, 4.69) is 274 Å². The van der Waals surface area contributed by atoms with Gasteiger partial charge in [0.1, 0.15) is 6.33 Å². The lowest BCUT2D eigenvalue weighted by Crippen LogP contribution is -2.16. The molecule has 0 radical (unpaired) electrons. The van der Waals surface area contributed by atoms with Crippen LogP contribution in [0.2, 0.25) is 0 Å². The average molecular weight is 949 g/mol. The van der Waals surface area contributed by atoms with Crippen LogP contribution in [0.5, 0.6) is 0 Å². The third kappa shape index (κ3) is 6.89. The molecule has 2 aliphatic rings. The molecule has 4 heteroatoms. The van der Waals surface area contributed by atoms with Crippen LogP contribution in [0.1, 0.15) is 49.9 Å². The van der Waals surface area contributed by atoms with Crippen LogP contribution >= 0.6 is 0 Å². The minimum atomic E-state index is -0.135. The van der Waals surface area contributed by atoms with Gasteiger partial charge in [-0.15, -0.1) is 0 Å². The van der Waals surface area contributed by atoms with Crippen LogP contribution in [0.4, 0.5) is 17.1 Å². The van der Waals surface area contributed by atoms with Gasteiger partial charge in [0, 0.05) is 55.5 Å². The van der Waals surface area contributed by atoms with E-state index in [-0.39, 0.29) is 10.8 Å². The van der Waals surface area contributed by atoms with Crippen molar-refractivity contribution in [3.8, 4) is 72.7 Å². The Morgan fingerprint density at radius 2 is 0.811 bits per heavy atom. The zero-order valence-corrected chi connectivity index (χ0v) is 41.9. The number of aromatic nitrogens is 3. The molecule has 10 aromatic carbocycles. The first kappa shape index (κ1) is 43.7. The molecular weight excluding hydrogens is 897 g/mol. The molecule has 0 bridgehead atoms. The Balaban J connectivity index is 0.806. The van der Waals surface area contributed by atoms with Crippen LogP contribution in [-0.2, 0) is 10.8 Å². The highest BCUT2D eigenvalue weighted by Gasteiger charge is 2.37. The maximum atomic E-state index is 4.80. The van der Waals surface area contributed by atoms with Gasteiger partial charge in [-0.05, 0) is 152 Å². The third-order valence-electron chi connectivity index (χ3n) is 16.1. The van der Waals surface area contributed by atoms with Crippen molar-refractivity contribution < 1.29 is 0 Å². The lowest BCUT2D eigenvalue weighted by molar-refractivity contribution is 0.660. The standard InChI is InChI=1S/C70H52N4/c1-69(2)61-22-11-8-19-55(61)57-36-29-50(41-63(57)69)66-43-65(71-44-72-66)49-16-14-15-47(39-49)45-25-31-52(32-26-45)73(54-35-37-58-56-20-9-12-23-62(56)70(3,4)64(58)42-54)53-33-27-46(28-34-53)48-30-38-68-60(40-48)59-21-10-13-24-67(59)74(68)51-17-6-5-7-18-51/h5-44H,1-4H3. The maximum absolute atomic E-state index is 4.80. The highest BCUT2D eigenvalue weighted by molar-refractivity contribution is 6.10. The molecular formula is C70H52N4. The summed E-state index contributed by atoms with van der Waals surface area (Å²) in [5.41, 5.74) is 25.9. The van der Waals surface area contributed by atoms with E-state index in [1.165, 1.54) is 77.4 Å². The Labute approximate surface area is 432 Å². The van der Waals surface area contributed by atoms with Crippen molar-refractivity contribution in [3.63, 3.8) is 0 Å². The topological polar surface area (TPSA) is 34.0 Å². The summed E-state index contributed by atoms with van der Waals surface area (Å²) in [6.45, 7) is 9.35. The van der Waals surface area contributed by atoms with Gasteiger partial charge in [0.05, 0.1) is 22.4 Å². The fraction of sp³-hybridized carbons (Fsp3) is 0.0857. The van der Waals surface area contributed by atoms with Gasteiger partial charge in [-0.25, -0.2) is 9.97 Å². The summed E-state index contributed by atoms with van der Waals surface area (Å²) in [6, 6.07) is 86.7. The minimum Gasteiger partial charge on any atom is -0.310 e. The van der Waals surface area contributed by atoms with Crippen LogP contribution in [0.3, 0.4) is 0 Å². The predicted molar refractivity (Wildman–Crippen MR) is 308 cm³/mol. The van der Waals surface area contributed by atoms with Gasteiger partial charge in [0.25, 0.3) is 0 Å². The average Bonchev–Trinajstić information content (AvgIpc) is 4.04. The van der Waals surface area contributed by atoms with Gasteiger partial charge in [-0.3, -0.25) is 0 Å². The summed E-state index contributed by atoms with van der Waals surface area (Å²) < 4.78 is 2.37. The largest absolute Gasteiger partial charge is 0.310 e. The molecule has 0 saturated carbocycles. The summed E-state index contributed by atoms with van der Waals surface area (Å²) in [5.74, 6) is 0. The molecule has 0 atom stereocenters. The van der Waals surface area contributed by atoms with Crippen molar-refractivity contribution >= 4 is 38.9 Å². The SMILES string of the molecule is CC1(C)c2ccccc2-c2ccc(-c3cc(-c4cccc(-c5ccc(N(c6ccc(-c7ccc8c(c7)c7ccccc7n8-c7ccccc7)cc6)c6ccc7c(c6)C(C)(C)c6ccccc6-7)cc5)c4)ncn3)cc21. The van der Waals surface area contributed by atoms with E-state index in [1.807, 2.05) is 0 Å². The second-order valence-corrected chi connectivity index (χ2v) is 21.0. The van der Waals surface area contributed by atoms with Gasteiger partial charge >= 0.3 is 0 Å². The Kier molecular flexibility index (Phi) is 9.87. The molecule has 0 saturated heterocycles. The summed E-state index contributed by atoms with van der Waals surface area (Å²) in [4.78, 5) is 12.0. The molecule has 0 spiro atoms. The smallest absolute Gasteiger partial charge is 0.116 e. The zero-order valence-electron chi connectivity index (χ0n) is 41.9. The number of rotatable bonds is 8. The molecule has 2 aliphatic carbocycles. The van der Waals surface area contributed by atoms with Crippen molar-refractivity contribution in [3.05, 3.63) is 265 Å². The summed E-state index contributed by atoms with van der Waals surface area (Å²) >= 11 is 0. The minimum absolute atomic E-state index is 0.0853. The second-order valence-electron chi connectivity index (χ2n) is 21.0. The summed E-state index contributed by atoms with van der Waals surface area (Å²) in [7, 11) is 0. The van der Waals surface area contributed by atoms with Crippen molar-refractivity contribution in [1.29, 1.82) is 0 Å². The molecule has 2 heterocycles. The zero-order chi connectivity index (χ0) is 49.7. The molecule has 12 aromatic rings. The molecule has 14 rings (SSSR count). The van der Waals surface area contributed by atoms with Crippen molar-refractivity contribution in [2.45, 2.75) is 38.5 Å².